The van der Waals surface area contributed by atoms with E-state index in [1.54, 1.807) is 0 Å². The molecule has 1 N–H and O–H groups in total. The molecule has 0 radical (unpaired) electrons. The third kappa shape index (κ3) is 4.27. The van der Waals surface area contributed by atoms with Crippen LogP contribution in [0.1, 0.15) is 23.6 Å². The zero-order valence-electron chi connectivity index (χ0n) is 10.6. The number of alkyl halides is 6. The summed E-state index contributed by atoms with van der Waals surface area (Å²) in [6.45, 7) is 1.33. The van der Waals surface area contributed by atoms with Gasteiger partial charge in [-0.15, -0.1) is 0 Å². The van der Waals surface area contributed by atoms with E-state index in [1.807, 2.05) is 0 Å². The van der Waals surface area contributed by atoms with Gasteiger partial charge in [-0.1, -0.05) is 0 Å². The molecule has 1 rings (SSSR count). The van der Waals surface area contributed by atoms with Crippen LogP contribution in [-0.2, 0) is 28.3 Å². The van der Waals surface area contributed by atoms with Gasteiger partial charge in [-0.05, 0) is 24.6 Å². The first kappa shape index (κ1) is 17.1. The van der Waals surface area contributed by atoms with Gasteiger partial charge in [-0.25, -0.2) is 0 Å². The van der Waals surface area contributed by atoms with Crippen LogP contribution in [0.15, 0.2) is 12.1 Å². The van der Waals surface area contributed by atoms with Crippen molar-refractivity contribution < 1.29 is 41.0 Å². The van der Waals surface area contributed by atoms with Crippen LogP contribution < -0.4 is 0 Å². The van der Waals surface area contributed by atoms with E-state index in [-0.39, 0.29) is 18.7 Å². The second-order valence-electron chi connectivity index (χ2n) is 4.00. The Hall–Kier alpha value is -1.93. The molecule has 1 aromatic carbocycles. The minimum atomic E-state index is -5.15. The lowest BCUT2D eigenvalue weighted by molar-refractivity contribution is -0.144. The van der Waals surface area contributed by atoms with Crippen molar-refractivity contribution in [2.45, 2.75) is 25.7 Å². The average molecular weight is 316 g/mol. The van der Waals surface area contributed by atoms with Crippen LogP contribution in [0.5, 0.6) is 5.75 Å². The van der Waals surface area contributed by atoms with Crippen LogP contribution in [0, 0.1) is 0 Å². The Balaban J connectivity index is 3.37. The molecule has 0 fully saturated rings. The van der Waals surface area contributed by atoms with Crippen molar-refractivity contribution in [1.29, 1.82) is 0 Å². The first-order chi connectivity index (χ1) is 9.46. The highest BCUT2D eigenvalue weighted by Crippen LogP contribution is 2.41. The Morgan fingerprint density at radius 1 is 1.10 bits per heavy atom. The summed E-state index contributed by atoms with van der Waals surface area (Å²) in [5.74, 6) is -2.42. The molecule has 0 heterocycles. The third-order valence-corrected chi connectivity index (χ3v) is 2.47. The van der Waals surface area contributed by atoms with Crippen LogP contribution in [0.25, 0.3) is 0 Å². The summed E-state index contributed by atoms with van der Waals surface area (Å²) in [5.41, 5.74) is -4.24. The highest BCUT2D eigenvalue weighted by molar-refractivity contribution is 5.73. The molecule has 0 saturated heterocycles. The van der Waals surface area contributed by atoms with Crippen LogP contribution in [-0.4, -0.2) is 17.7 Å². The predicted molar refractivity (Wildman–Crippen MR) is 58.4 cm³/mol. The van der Waals surface area contributed by atoms with E-state index in [9.17, 15) is 36.2 Å². The highest BCUT2D eigenvalue weighted by atomic mass is 19.4. The molecule has 0 aromatic heterocycles. The largest absolute Gasteiger partial charge is 0.507 e. The molecule has 0 aliphatic heterocycles. The van der Waals surface area contributed by atoms with Crippen molar-refractivity contribution in [2.75, 3.05) is 6.61 Å². The lowest BCUT2D eigenvalue weighted by Gasteiger charge is -2.17. The molecule has 3 nitrogen and oxygen atoms in total. The van der Waals surface area contributed by atoms with Crippen LogP contribution >= 0.6 is 0 Å². The summed E-state index contributed by atoms with van der Waals surface area (Å²) in [5, 5.41) is 9.22. The number of halogens is 6. The van der Waals surface area contributed by atoms with Crippen LogP contribution in [0.3, 0.4) is 0 Å². The first-order valence-electron chi connectivity index (χ1n) is 5.62. The Labute approximate surface area is 115 Å². The molecular weight excluding hydrogens is 306 g/mol. The van der Waals surface area contributed by atoms with E-state index in [2.05, 4.69) is 4.74 Å². The number of hydrogen-bond donors (Lipinski definition) is 1. The van der Waals surface area contributed by atoms with E-state index < -0.39 is 47.2 Å². The Kier molecular flexibility index (Phi) is 4.75. The summed E-state index contributed by atoms with van der Waals surface area (Å²) < 4.78 is 80.3. The molecule has 1 aromatic rings. The lowest BCUT2D eigenvalue weighted by atomic mass is 9.99. The maximum atomic E-state index is 12.8. The van der Waals surface area contributed by atoms with Crippen molar-refractivity contribution >= 4 is 5.97 Å². The molecule has 0 bridgehead atoms. The number of aromatic hydroxyl groups is 1. The summed E-state index contributed by atoms with van der Waals surface area (Å²) in [6.07, 6.45) is -11.1. The molecule has 9 heteroatoms. The van der Waals surface area contributed by atoms with E-state index in [1.165, 1.54) is 6.92 Å². The third-order valence-electron chi connectivity index (χ3n) is 2.47. The summed E-state index contributed by atoms with van der Waals surface area (Å²) >= 11 is 0. The van der Waals surface area contributed by atoms with E-state index in [4.69, 9.17) is 0 Å². The number of ether oxygens (including phenoxy) is 1. The fourth-order valence-corrected chi connectivity index (χ4v) is 1.64. The van der Waals surface area contributed by atoms with Crippen molar-refractivity contribution in [3.63, 3.8) is 0 Å². The smallest absolute Gasteiger partial charge is 0.419 e. The Morgan fingerprint density at radius 2 is 1.62 bits per heavy atom. The minimum absolute atomic E-state index is 0.0905. The van der Waals surface area contributed by atoms with Crippen molar-refractivity contribution in [3.8, 4) is 5.75 Å². The van der Waals surface area contributed by atoms with Gasteiger partial charge in [0.25, 0.3) is 0 Å². The van der Waals surface area contributed by atoms with Gasteiger partial charge in [-0.3, -0.25) is 4.79 Å². The normalized spacial score (nSPS) is 12.3. The van der Waals surface area contributed by atoms with Gasteiger partial charge in [0.1, 0.15) is 5.75 Å². The van der Waals surface area contributed by atoms with Gasteiger partial charge in [-0.2, -0.15) is 26.3 Å². The van der Waals surface area contributed by atoms with Gasteiger partial charge in [0, 0.05) is 0 Å². The van der Waals surface area contributed by atoms with Gasteiger partial charge < -0.3 is 9.84 Å². The summed E-state index contributed by atoms with van der Waals surface area (Å²) in [6, 6.07) is 0.0620. The Bertz CT molecular complexity index is 533. The average Bonchev–Trinajstić information content (AvgIpc) is 2.25. The quantitative estimate of drug-likeness (QED) is 0.685. The van der Waals surface area contributed by atoms with E-state index in [0.717, 1.165) is 0 Å². The lowest BCUT2D eigenvalue weighted by Crippen LogP contribution is -2.17. The zero-order chi connectivity index (χ0) is 16.4. The first-order valence-corrected chi connectivity index (χ1v) is 5.62. The molecule has 0 amide bonds. The standard InChI is InChI=1S/C12H10F6O3/c1-2-21-10(20)4-6-3-9(19)8(12(16,17)18)5-7(6)11(13,14)15/h3,5,19H,2,4H2,1H3. The van der Waals surface area contributed by atoms with Crippen molar-refractivity contribution in [2.24, 2.45) is 0 Å². The highest BCUT2D eigenvalue weighted by Gasteiger charge is 2.40. The number of carbonyl (C=O) groups excluding carboxylic acids is 1. The number of phenolic OH excluding ortho intramolecular Hbond substituents is 1. The molecule has 0 aliphatic rings. The van der Waals surface area contributed by atoms with Crippen molar-refractivity contribution in [3.05, 3.63) is 28.8 Å². The van der Waals surface area contributed by atoms with Gasteiger partial charge in [0.05, 0.1) is 24.2 Å². The summed E-state index contributed by atoms with van der Waals surface area (Å²) in [7, 11) is 0. The number of phenols is 1. The number of hydrogen-bond acceptors (Lipinski definition) is 3. The minimum Gasteiger partial charge on any atom is -0.507 e. The summed E-state index contributed by atoms with van der Waals surface area (Å²) in [4.78, 5) is 11.2. The molecule has 21 heavy (non-hydrogen) atoms. The van der Waals surface area contributed by atoms with E-state index >= 15 is 0 Å². The topological polar surface area (TPSA) is 46.5 Å². The number of rotatable bonds is 3. The molecule has 0 spiro atoms. The number of esters is 1. The van der Waals surface area contributed by atoms with Gasteiger partial charge >= 0.3 is 18.3 Å². The van der Waals surface area contributed by atoms with Crippen LogP contribution in [0.4, 0.5) is 26.3 Å². The number of benzene rings is 1. The molecule has 118 valence electrons. The maximum absolute atomic E-state index is 12.8. The molecular formula is C12H10F6O3. The zero-order valence-corrected chi connectivity index (χ0v) is 10.6. The molecule has 0 aliphatic carbocycles. The fourth-order valence-electron chi connectivity index (χ4n) is 1.64. The molecule has 0 atom stereocenters. The van der Waals surface area contributed by atoms with Crippen molar-refractivity contribution in [1.82, 2.24) is 0 Å². The second kappa shape index (κ2) is 5.82. The van der Waals surface area contributed by atoms with Gasteiger partial charge in [0.15, 0.2) is 0 Å². The Morgan fingerprint density at radius 3 is 2.05 bits per heavy atom. The maximum Gasteiger partial charge on any atom is 0.419 e. The van der Waals surface area contributed by atoms with E-state index in [0.29, 0.717) is 0 Å². The predicted octanol–water partition coefficient (Wildman–Crippen LogP) is 3.54. The second-order valence-corrected chi connectivity index (χ2v) is 4.00. The molecule has 0 saturated carbocycles. The van der Waals surface area contributed by atoms with Gasteiger partial charge in [0.2, 0.25) is 0 Å². The van der Waals surface area contributed by atoms with Crippen LogP contribution in [0.2, 0.25) is 0 Å². The molecule has 0 unspecified atom stereocenters. The monoisotopic (exact) mass is 316 g/mol. The number of carbonyl (C=O) groups is 1. The SMILES string of the molecule is CCOC(=O)Cc1cc(O)c(C(F)(F)F)cc1C(F)(F)F. The fraction of sp³-hybridized carbons (Fsp3) is 0.417.